The molecule has 1 fully saturated rings. The first-order chi connectivity index (χ1) is 7.29. The molecular formula is C12H17NOS. The van der Waals surface area contributed by atoms with E-state index in [0.29, 0.717) is 17.0 Å². The molecule has 0 spiro atoms. The number of hydrogen-bond acceptors (Lipinski definition) is 3. The molecule has 2 nitrogen and oxygen atoms in total. The van der Waals surface area contributed by atoms with Crippen LogP contribution >= 0.6 is 11.8 Å². The molecule has 2 N–H and O–H groups in total. The molecular weight excluding hydrogens is 206 g/mol. The van der Waals surface area contributed by atoms with Crippen LogP contribution in [0.3, 0.4) is 0 Å². The van der Waals surface area contributed by atoms with Crippen LogP contribution in [0.15, 0.2) is 24.3 Å². The second kappa shape index (κ2) is 4.90. The quantitative estimate of drug-likeness (QED) is 0.826. The van der Waals surface area contributed by atoms with Gasteiger partial charge in [-0.05, 0) is 30.7 Å². The monoisotopic (exact) mass is 223 g/mol. The second-order valence-corrected chi connectivity index (χ2v) is 5.14. The van der Waals surface area contributed by atoms with E-state index in [4.69, 9.17) is 0 Å². The molecule has 2 rings (SSSR count). The fourth-order valence-electron chi connectivity index (χ4n) is 1.98. The third kappa shape index (κ3) is 2.67. The van der Waals surface area contributed by atoms with Crippen LogP contribution in [0, 0.1) is 0 Å². The van der Waals surface area contributed by atoms with Crippen molar-refractivity contribution >= 4 is 11.8 Å². The van der Waals surface area contributed by atoms with Crippen LogP contribution in [0.1, 0.15) is 24.2 Å². The number of thioether (sulfide) groups is 1. The van der Waals surface area contributed by atoms with Gasteiger partial charge in [0.05, 0.1) is 0 Å². The van der Waals surface area contributed by atoms with E-state index in [1.807, 2.05) is 23.9 Å². The van der Waals surface area contributed by atoms with Gasteiger partial charge < -0.3 is 10.4 Å². The Hall–Kier alpha value is -0.670. The molecule has 1 aliphatic heterocycles. The van der Waals surface area contributed by atoms with Gasteiger partial charge in [-0.25, -0.2) is 0 Å². The summed E-state index contributed by atoms with van der Waals surface area (Å²) < 4.78 is 0. The smallest absolute Gasteiger partial charge is 0.115 e. The molecule has 0 bridgehead atoms. The first-order valence-corrected chi connectivity index (χ1v) is 6.48. The molecule has 0 amide bonds. The third-order valence-electron chi connectivity index (χ3n) is 2.75. The summed E-state index contributed by atoms with van der Waals surface area (Å²) in [5, 5.41) is 13.3. The lowest BCUT2D eigenvalue weighted by Gasteiger charge is -2.11. The molecule has 0 aromatic heterocycles. The van der Waals surface area contributed by atoms with Gasteiger partial charge in [0.15, 0.2) is 0 Å². The number of phenolic OH excluding ortho intramolecular Hbond substituents is 1. The Balaban J connectivity index is 1.98. The Morgan fingerprint density at radius 2 is 2.13 bits per heavy atom. The van der Waals surface area contributed by atoms with Crippen molar-refractivity contribution in [2.45, 2.75) is 24.6 Å². The molecule has 1 heterocycles. The number of phenols is 1. The first kappa shape index (κ1) is 10.8. The SMILES string of the molecule is CCNC1CS[C@@H](c2ccc(O)cc2)C1. The van der Waals surface area contributed by atoms with Gasteiger partial charge in [-0.15, -0.1) is 0 Å². The molecule has 15 heavy (non-hydrogen) atoms. The Morgan fingerprint density at radius 3 is 2.80 bits per heavy atom. The fourth-order valence-corrected chi connectivity index (χ4v) is 3.42. The van der Waals surface area contributed by atoms with Crippen LogP contribution in [-0.2, 0) is 0 Å². The van der Waals surface area contributed by atoms with Gasteiger partial charge in [-0.2, -0.15) is 11.8 Å². The highest BCUT2D eigenvalue weighted by Crippen LogP contribution is 2.40. The Bertz CT molecular complexity index is 312. The van der Waals surface area contributed by atoms with E-state index in [0.717, 1.165) is 6.54 Å². The topological polar surface area (TPSA) is 32.3 Å². The van der Waals surface area contributed by atoms with Gasteiger partial charge in [0.1, 0.15) is 5.75 Å². The van der Waals surface area contributed by atoms with E-state index in [1.165, 1.54) is 17.7 Å². The zero-order valence-electron chi connectivity index (χ0n) is 8.94. The van der Waals surface area contributed by atoms with E-state index < -0.39 is 0 Å². The summed E-state index contributed by atoms with van der Waals surface area (Å²) in [4.78, 5) is 0. The maximum atomic E-state index is 9.22. The van der Waals surface area contributed by atoms with Gasteiger partial charge in [0, 0.05) is 17.0 Å². The summed E-state index contributed by atoms with van der Waals surface area (Å²) in [6, 6.07) is 8.26. The van der Waals surface area contributed by atoms with Gasteiger partial charge in [-0.1, -0.05) is 19.1 Å². The van der Waals surface area contributed by atoms with Crippen LogP contribution in [0.25, 0.3) is 0 Å². The van der Waals surface area contributed by atoms with Crippen molar-refractivity contribution in [2.75, 3.05) is 12.3 Å². The van der Waals surface area contributed by atoms with Crippen LogP contribution < -0.4 is 5.32 Å². The van der Waals surface area contributed by atoms with E-state index in [1.54, 1.807) is 12.1 Å². The van der Waals surface area contributed by atoms with E-state index in [-0.39, 0.29) is 0 Å². The highest BCUT2D eigenvalue weighted by molar-refractivity contribution is 7.99. The molecule has 1 aromatic carbocycles. The molecule has 1 saturated heterocycles. The average Bonchev–Trinajstić information content (AvgIpc) is 2.68. The predicted octanol–water partition coefficient (Wildman–Crippen LogP) is 2.55. The Labute approximate surface area is 95.1 Å². The largest absolute Gasteiger partial charge is 0.508 e. The minimum Gasteiger partial charge on any atom is -0.508 e. The second-order valence-electron chi connectivity index (χ2n) is 3.90. The summed E-state index contributed by atoms with van der Waals surface area (Å²) >= 11 is 2.01. The number of hydrogen-bond donors (Lipinski definition) is 2. The fraction of sp³-hybridized carbons (Fsp3) is 0.500. The van der Waals surface area contributed by atoms with Crippen LogP contribution in [-0.4, -0.2) is 23.4 Å². The lowest BCUT2D eigenvalue weighted by molar-refractivity contribution is 0.475. The van der Waals surface area contributed by atoms with Gasteiger partial charge in [0.2, 0.25) is 0 Å². The van der Waals surface area contributed by atoms with Crippen molar-refractivity contribution in [3.63, 3.8) is 0 Å². The van der Waals surface area contributed by atoms with E-state index in [9.17, 15) is 5.11 Å². The molecule has 1 aliphatic rings. The van der Waals surface area contributed by atoms with Crippen molar-refractivity contribution < 1.29 is 5.11 Å². The maximum absolute atomic E-state index is 9.22. The van der Waals surface area contributed by atoms with Crippen molar-refractivity contribution in [3.8, 4) is 5.75 Å². The number of rotatable bonds is 3. The molecule has 0 saturated carbocycles. The number of benzene rings is 1. The van der Waals surface area contributed by atoms with Crippen LogP contribution in [0.2, 0.25) is 0 Å². The van der Waals surface area contributed by atoms with E-state index >= 15 is 0 Å². The van der Waals surface area contributed by atoms with Crippen molar-refractivity contribution in [1.82, 2.24) is 5.32 Å². The number of aromatic hydroxyl groups is 1. The summed E-state index contributed by atoms with van der Waals surface area (Å²) in [6.07, 6.45) is 1.20. The molecule has 0 aliphatic carbocycles. The van der Waals surface area contributed by atoms with Crippen LogP contribution in [0.4, 0.5) is 0 Å². The third-order valence-corrected chi connectivity index (χ3v) is 4.22. The minimum atomic E-state index is 0.352. The summed E-state index contributed by atoms with van der Waals surface area (Å²) in [7, 11) is 0. The maximum Gasteiger partial charge on any atom is 0.115 e. The zero-order valence-corrected chi connectivity index (χ0v) is 9.76. The van der Waals surface area contributed by atoms with Crippen molar-refractivity contribution in [2.24, 2.45) is 0 Å². The summed E-state index contributed by atoms with van der Waals surface area (Å²) in [5.74, 6) is 1.55. The predicted molar refractivity (Wildman–Crippen MR) is 65.4 cm³/mol. The molecule has 1 unspecified atom stereocenters. The first-order valence-electron chi connectivity index (χ1n) is 5.43. The highest BCUT2D eigenvalue weighted by Gasteiger charge is 2.25. The molecule has 3 heteroatoms. The molecule has 1 aromatic rings. The standard InChI is InChI=1S/C12H17NOS/c1-2-13-10-7-12(15-8-10)9-3-5-11(14)6-4-9/h3-6,10,12-14H,2,7-8H2,1H3/t10?,12-/m1/s1. The Morgan fingerprint density at radius 1 is 1.40 bits per heavy atom. The molecule has 82 valence electrons. The normalized spacial score (nSPS) is 25.7. The lowest BCUT2D eigenvalue weighted by atomic mass is 10.1. The van der Waals surface area contributed by atoms with Crippen molar-refractivity contribution in [1.29, 1.82) is 0 Å². The molecule has 2 atom stereocenters. The van der Waals surface area contributed by atoms with Crippen LogP contribution in [0.5, 0.6) is 5.75 Å². The summed E-state index contributed by atoms with van der Waals surface area (Å²) in [5.41, 5.74) is 1.33. The average molecular weight is 223 g/mol. The lowest BCUT2D eigenvalue weighted by Crippen LogP contribution is -2.28. The van der Waals surface area contributed by atoms with Gasteiger partial charge >= 0.3 is 0 Å². The molecule has 0 radical (unpaired) electrons. The number of nitrogens with one attached hydrogen (secondary N) is 1. The highest BCUT2D eigenvalue weighted by atomic mass is 32.2. The van der Waals surface area contributed by atoms with E-state index in [2.05, 4.69) is 12.2 Å². The minimum absolute atomic E-state index is 0.352. The van der Waals surface area contributed by atoms with Crippen molar-refractivity contribution in [3.05, 3.63) is 29.8 Å². The Kier molecular flexibility index (Phi) is 3.54. The van der Waals surface area contributed by atoms with Gasteiger partial charge in [0.25, 0.3) is 0 Å². The zero-order chi connectivity index (χ0) is 10.7. The summed E-state index contributed by atoms with van der Waals surface area (Å²) in [6.45, 7) is 3.20. The van der Waals surface area contributed by atoms with Gasteiger partial charge in [-0.3, -0.25) is 0 Å².